The first kappa shape index (κ1) is 15.1. The summed E-state index contributed by atoms with van der Waals surface area (Å²) in [5.74, 6) is 0. The van der Waals surface area contributed by atoms with Gasteiger partial charge in [-0.05, 0) is 56.0 Å². The normalized spacial score (nSPS) is 14.0. The molecular formula is C18H22ClN. The molecule has 2 aromatic carbocycles. The van der Waals surface area contributed by atoms with Crippen molar-refractivity contribution < 1.29 is 0 Å². The van der Waals surface area contributed by atoms with Gasteiger partial charge < -0.3 is 5.32 Å². The van der Waals surface area contributed by atoms with Gasteiger partial charge in [0.15, 0.2) is 0 Å². The van der Waals surface area contributed by atoms with E-state index in [9.17, 15) is 0 Å². The Morgan fingerprint density at radius 2 is 1.80 bits per heavy atom. The molecule has 1 nitrogen and oxygen atoms in total. The number of nitrogens with one attached hydrogen (secondary N) is 1. The standard InChI is InChI=1S/C18H22ClN/c1-13-7-4-5-8-16(13)11-14(2)20-15(3)17-9-6-10-18(19)12-17/h4-10,12,14-15,20H,11H2,1-3H3. The number of halogens is 1. The second kappa shape index (κ2) is 6.92. The molecule has 0 spiro atoms. The minimum absolute atomic E-state index is 0.299. The molecule has 0 saturated heterocycles. The summed E-state index contributed by atoms with van der Waals surface area (Å²) in [6, 6.07) is 17.3. The van der Waals surface area contributed by atoms with Crippen molar-refractivity contribution in [3.63, 3.8) is 0 Å². The first-order chi connectivity index (χ1) is 9.56. The second-order valence-electron chi connectivity index (χ2n) is 5.48. The van der Waals surface area contributed by atoms with Crippen LogP contribution < -0.4 is 5.32 Å². The lowest BCUT2D eigenvalue weighted by Crippen LogP contribution is -2.30. The molecule has 20 heavy (non-hydrogen) atoms. The van der Waals surface area contributed by atoms with Crippen molar-refractivity contribution in [3.05, 3.63) is 70.2 Å². The highest BCUT2D eigenvalue weighted by molar-refractivity contribution is 6.30. The Kier molecular flexibility index (Phi) is 5.22. The molecule has 2 unspecified atom stereocenters. The molecule has 2 aromatic rings. The molecule has 1 N–H and O–H groups in total. The maximum absolute atomic E-state index is 6.05. The van der Waals surface area contributed by atoms with Gasteiger partial charge in [-0.25, -0.2) is 0 Å². The van der Waals surface area contributed by atoms with Crippen LogP contribution in [0.3, 0.4) is 0 Å². The van der Waals surface area contributed by atoms with Gasteiger partial charge in [0.1, 0.15) is 0 Å². The molecular weight excluding hydrogens is 266 g/mol. The van der Waals surface area contributed by atoms with Gasteiger partial charge in [0.25, 0.3) is 0 Å². The maximum atomic E-state index is 6.05. The predicted octanol–water partition coefficient (Wildman–Crippen LogP) is 4.93. The van der Waals surface area contributed by atoms with Gasteiger partial charge in [-0.2, -0.15) is 0 Å². The molecule has 106 valence electrons. The molecule has 0 saturated carbocycles. The minimum Gasteiger partial charge on any atom is -0.307 e. The van der Waals surface area contributed by atoms with E-state index in [-0.39, 0.29) is 0 Å². The maximum Gasteiger partial charge on any atom is 0.0409 e. The number of rotatable bonds is 5. The van der Waals surface area contributed by atoms with Gasteiger partial charge in [-0.15, -0.1) is 0 Å². The van der Waals surface area contributed by atoms with Gasteiger partial charge in [-0.3, -0.25) is 0 Å². The lowest BCUT2D eigenvalue weighted by Gasteiger charge is -2.21. The zero-order chi connectivity index (χ0) is 14.5. The highest BCUT2D eigenvalue weighted by atomic mass is 35.5. The van der Waals surface area contributed by atoms with E-state index in [1.807, 2.05) is 18.2 Å². The number of hydrogen-bond acceptors (Lipinski definition) is 1. The van der Waals surface area contributed by atoms with Crippen LogP contribution in [0.15, 0.2) is 48.5 Å². The van der Waals surface area contributed by atoms with Crippen molar-refractivity contribution >= 4 is 11.6 Å². The van der Waals surface area contributed by atoms with E-state index >= 15 is 0 Å². The Morgan fingerprint density at radius 1 is 1.05 bits per heavy atom. The molecule has 0 aliphatic heterocycles. The van der Waals surface area contributed by atoms with Crippen molar-refractivity contribution in [2.45, 2.75) is 39.3 Å². The topological polar surface area (TPSA) is 12.0 Å². The highest BCUT2D eigenvalue weighted by Gasteiger charge is 2.11. The molecule has 0 aliphatic carbocycles. The summed E-state index contributed by atoms with van der Waals surface area (Å²) in [4.78, 5) is 0. The van der Waals surface area contributed by atoms with Crippen LogP contribution in [0.1, 0.15) is 36.6 Å². The Labute approximate surface area is 127 Å². The lowest BCUT2D eigenvalue weighted by molar-refractivity contribution is 0.476. The van der Waals surface area contributed by atoms with Gasteiger partial charge in [-0.1, -0.05) is 48.0 Å². The summed E-state index contributed by atoms with van der Waals surface area (Å²) >= 11 is 6.05. The largest absolute Gasteiger partial charge is 0.307 e. The third-order valence-electron chi connectivity index (χ3n) is 3.67. The third kappa shape index (κ3) is 4.09. The second-order valence-corrected chi connectivity index (χ2v) is 5.91. The minimum atomic E-state index is 0.299. The van der Waals surface area contributed by atoms with Crippen molar-refractivity contribution in [1.82, 2.24) is 5.32 Å². The summed E-state index contributed by atoms with van der Waals surface area (Å²) in [6.45, 7) is 6.58. The Bertz CT molecular complexity index is 565. The molecule has 0 aromatic heterocycles. The number of benzene rings is 2. The molecule has 0 heterocycles. The van der Waals surface area contributed by atoms with E-state index in [1.165, 1.54) is 16.7 Å². The fourth-order valence-corrected chi connectivity index (χ4v) is 2.73. The molecule has 0 aliphatic rings. The average Bonchev–Trinajstić information content (AvgIpc) is 2.41. The smallest absolute Gasteiger partial charge is 0.0409 e. The molecule has 2 heteroatoms. The molecule has 0 bridgehead atoms. The summed E-state index contributed by atoms with van der Waals surface area (Å²) in [6.07, 6.45) is 1.04. The summed E-state index contributed by atoms with van der Waals surface area (Å²) in [5.41, 5.74) is 4.00. The Morgan fingerprint density at radius 3 is 2.50 bits per heavy atom. The predicted molar refractivity (Wildman–Crippen MR) is 87.3 cm³/mol. The van der Waals surface area contributed by atoms with Gasteiger partial charge in [0.2, 0.25) is 0 Å². The third-order valence-corrected chi connectivity index (χ3v) is 3.91. The summed E-state index contributed by atoms with van der Waals surface area (Å²) < 4.78 is 0. The fraction of sp³-hybridized carbons (Fsp3) is 0.333. The fourth-order valence-electron chi connectivity index (χ4n) is 2.53. The van der Waals surface area contributed by atoms with E-state index < -0.39 is 0 Å². The Hall–Kier alpha value is -1.31. The molecule has 0 amide bonds. The lowest BCUT2D eigenvalue weighted by atomic mass is 10.0. The SMILES string of the molecule is Cc1ccccc1CC(C)NC(C)c1cccc(Cl)c1. The van der Waals surface area contributed by atoms with Crippen molar-refractivity contribution in [1.29, 1.82) is 0 Å². The average molecular weight is 288 g/mol. The molecule has 2 rings (SSSR count). The first-order valence-electron chi connectivity index (χ1n) is 7.12. The summed E-state index contributed by atoms with van der Waals surface area (Å²) in [5, 5.41) is 4.43. The van der Waals surface area contributed by atoms with Crippen LogP contribution in [0, 0.1) is 6.92 Å². The van der Waals surface area contributed by atoms with E-state index in [4.69, 9.17) is 11.6 Å². The van der Waals surface area contributed by atoms with E-state index in [1.54, 1.807) is 0 Å². The number of hydrogen-bond donors (Lipinski definition) is 1. The van der Waals surface area contributed by atoms with E-state index in [0.717, 1.165) is 11.4 Å². The Balaban J connectivity index is 1.98. The molecule has 0 radical (unpaired) electrons. The van der Waals surface area contributed by atoms with E-state index in [2.05, 4.69) is 56.4 Å². The summed E-state index contributed by atoms with van der Waals surface area (Å²) in [7, 11) is 0. The van der Waals surface area contributed by atoms with E-state index in [0.29, 0.717) is 12.1 Å². The van der Waals surface area contributed by atoms with Crippen molar-refractivity contribution in [2.24, 2.45) is 0 Å². The van der Waals surface area contributed by atoms with Crippen LogP contribution >= 0.6 is 11.6 Å². The van der Waals surface area contributed by atoms with Gasteiger partial charge in [0.05, 0.1) is 0 Å². The van der Waals surface area contributed by atoms with Crippen LogP contribution in [0.4, 0.5) is 0 Å². The van der Waals surface area contributed by atoms with Gasteiger partial charge >= 0.3 is 0 Å². The molecule has 2 atom stereocenters. The van der Waals surface area contributed by atoms with Gasteiger partial charge in [0, 0.05) is 17.1 Å². The van der Waals surface area contributed by atoms with Crippen LogP contribution in [-0.2, 0) is 6.42 Å². The van der Waals surface area contributed by atoms with Crippen LogP contribution in [0.25, 0.3) is 0 Å². The quantitative estimate of drug-likeness (QED) is 0.822. The zero-order valence-corrected chi connectivity index (χ0v) is 13.1. The van der Waals surface area contributed by atoms with Crippen molar-refractivity contribution in [2.75, 3.05) is 0 Å². The van der Waals surface area contributed by atoms with Crippen molar-refractivity contribution in [3.8, 4) is 0 Å². The van der Waals surface area contributed by atoms with Crippen LogP contribution in [0.5, 0.6) is 0 Å². The number of aryl methyl sites for hydroxylation is 1. The van der Waals surface area contributed by atoms with Crippen LogP contribution in [0.2, 0.25) is 5.02 Å². The zero-order valence-electron chi connectivity index (χ0n) is 12.4. The first-order valence-corrected chi connectivity index (χ1v) is 7.50. The molecule has 0 fully saturated rings. The van der Waals surface area contributed by atoms with Crippen LogP contribution in [-0.4, -0.2) is 6.04 Å². The monoisotopic (exact) mass is 287 g/mol. The highest BCUT2D eigenvalue weighted by Crippen LogP contribution is 2.18.